The molecule has 4 aromatic carbocycles. The van der Waals surface area contributed by atoms with Crippen LogP contribution in [-0.2, 0) is 0 Å². The fourth-order valence-corrected chi connectivity index (χ4v) is 7.03. The number of rotatable bonds is 4. The topological polar surface area (TPSA) is 48.5 Å². The Morgan fingerprint density at radius 1 is 0.522 bits per heavy atom. The van der Waals surface area contributed by atoms with Crippen LogP contribution in [0.15, 0.2) is 145 Å². The fraction of sp³-hybridized carbons (Fsp3) is 0.0250. The molecule has 5 aromatic heterocycles. The molecule has 9 rings (SSSR count). The van der Waals surface area contributed by atoms with Gasteiger partial charge >= 0.3 is 0 Å². The quantitative estimate of drug-likeness (QED) is 0.202. The minimum atomic E-state index is 0.877. The van der Waals surface area contributed by atoms with Crippen LogP contribution in [0.25, 0.3) is 77.5 Å². The first-order valence-electron chi connectivity index (χ1n) is 15.3. The van der Waals surface area contributed by atoms with E-state index < -0.39 is 0 Å². The number of nitrogens with zero attached hydrogens (tertiary/aromatic N) is 5. The smallest absolute Gasteiger partial charge is 0.0963 e. The van der Waals surface area contributed by atoms with Crippen molar-refractivity contribution in [2.24, 2.45) is 0 Å². The largest absolute Gasteiger partial charge is 0.308 e. The van der Waals surface area contributed by atoms with Crippen LogP contribution in [-0.4, -0.2) is 24.1 Å². The van der Waals surface area contributed by atoms with Crippen molar-refractivity contribution in [2.45, 2.75) is 11.8 Å². The van der Waals surface area contributed by atoms with Crippen molar-refractivity contribution in [1.29, 1.82) is 0 Å². The second kappa shape index (κ2) is 10.4. The van der Waals surface area contributed by atoms with Gasteiger partial charge in [0.05, 0.1) is 39.5 Å². The SMILES string of the molecule is Cc1ncc(-c2cc3c4ccccc4n(-c4ccccc4)c3cn2)cc1-c1cc(-n2c3ccccc3c3ncccc32)ccc1S. The average Bonchev–Trinajstić information content (AvgIpc) is 3.62. The summed E-state index contributed by atoms with van der Waals surface area (Å²) in [6.45, 7) is 2.05. The molecule has 0 N–H and O–H groups in total. The first-order valence-corrected chi connectivity index (χ1v) is 15.7. The minimum Gasteiger partial charge on any atom is -0.308 e. The van der Waals surface area contributed by atoms with Gasteiger partial charge in [0, 0.05) is 61.6 Å². The summed E-state index contributed by atoms with van der Waals surface area (Å²) in [6.07, 6.45) is 5.76. The van der Waals surface area contributed by atoms with Gasteiger partial charge in [0.25, 0.3) is 0 Å². The van der Waals surface area contributed by atoms with E-state index in [1.165, 1.54) is 5.39 Å². The van der Waals surface area contributed by atoms with Gasteiger partial charge in [-0.05, 0) is 79.2 Å². The molecule has 46 heavy (non-hydrogen) atoms. The van der Waals surface area contributed by atoms with Crippen molar-refractivity contribution >= 4 is 56.4 Å². The van der Waals surface area contributed by atoms with Crippen molar-refractivity contribution in [2.75, 3.05) is 0 Å². The Hall–Kier alpha value is -5.72. The molecule has 0 unspecified atom stereocenters. The van der Waals surface area contributed by atoms with Crippen molar-refractivity contribution in [3.05, 3.63) is 146 Å². The summed E-state index contributed by atoms with van der Waals surface area (Å²) in [4.78, 5) is 15.5. The second-order valence-electron chi connectivity index (χ2n) is 11.6. The lowest BCUT2D eigenvalue weighted by Crippen LogP contribution is -1.97. The van der Waals surface area contributed by atoms with Crippen LogP contribution in [0.2, 0.25) is 0 Å². The van der Waals surface area contributed by atoms with Crippen molar-refractivity contribution in [3.8, 4) is 33.8 Å². The van der Waals surface area contributed by atoms with Gasteiger partial charge in [0.2, 0.25) is 0 Å². The van der Waals surface area contributed by atoms with E-state index in [9.17, 15) is 0 Å². The number of thiol groups is 1. The first-order chi connectivity index (χ1) is 22.7. The molecule has 0 aliphatic heterocycles. The Balaban J connectivity index is 1.20. The van der Waals surface area contributed by atoms with E-state index in [-0.39, 0.29) is 0 Å². The normalized spacial score (nSPS) is 11.7. The first kappa shape index (κ1) is 26.7. The minimum absolute atomic E-state index is 0.877. The molecule has 0 saturated carbocycles. The highest BCUT2D eigenvalue weighted by molar-refractivity contribution is 7.80. The summed E-state index contributed by atoms with van der Waals surface area (Å²) in [5.74, 6) is 0. The van der Waals surface area contributed by atoms with Gasteiger partial charge in [-0.15, -0.1) is 12.6 Å². The summed E-state index contributed by atoms with van der Waals surface area (Å²) < 4.78 is 4.56. The maximum atomic E-state index is 4.98. The number of para-hydroxylation sites is 3. The summed E-state index contributed by atoms with van der Waals surface area (Å²) in [7, 11) is 0. The molecular weight excluding hydrogens is 583 g/mol. The van der Waals surface area contributed by atoms with Crippen LogP contribution in [0.1, 0.15) is 5.69 Å². The summed E-state index contributed by atoms with van der Waals surface area (Å²) >= 11 is 4.93. The number of hydrogen-bond donors (Lipinski definition) is 1. The third kappa shape index (κ3) is 4.07. The van der Waals surface area contributed by atoms with E-state index in [4.69, 9.17) is 27.6 Å². The highest BCUT2D eigenvalue weighted by atomic mass is 32.1. The molecule has 0 fully saturated rings. The fourth-order valence-electron chi connectivity index (χ4n) is 6.77. The lowest BCUT2D eigenvalue weighted by molar-refractivity contribution is 1.15. The van der Waals surface area contributed by atoms with Crippen molar-refractivity contribution in [3.63, 3.8) is 0 Å². The van der Waals surface area contributed by atoms with Crippen LogP contribution in [0, 0.1) is 6.92 Å². The van der Waals surface area contributed by atoms with E-state index in [0.29, 0.717) is 0 Å². The standard InChI is InChI=1S/C40H27N5S/c1-25-31(33-21-28(17-18-39(33)46)45-36-15-8-6-13-30(36)40-37(45)16-9-19-41-40)20-26(23-42-25)34-22-32-29-12-5-7-14-35(29)44(38(32)24-43-34)27-10-3-2-4-11-27/h2-24,46H,1H3. The van der Waals surface area contributed by atoms with Gasteiger partial charge in [0.15, 0.2) is 0 Å². The summed E-state index contributed by atoms with van der Waals surface area (Å²) in [5, 5.41) is 3.48. The van der Waals surface area contributed by atoms with Crippen molar-refractivity contribution in [1.82, 2.24) is 24.1 Å². The van der Waals surface area contributed by atoms with E-state index in [0.717, 1.165) is 82.7 Å². The maximum Gasteiger partial charge on any atom is 0.0963 e. The zero-order valence-electron chi connectivity index (χ0n) is 25.0. The van der Waals surface area contributed by atoms with Gasteiger partial charge in [-0.25, -0.2) is 0 Å². The zero-order valence-corrected chi connectivity index (χ0v) is 25.9. The van der Waals surface area contributed by atoms with Crippen LogP contribution in [0.5, 0.6) is 0 Å². The third-order valence-corrected chi connectivity index (χ3v) is 9.30. The predicted molar refractivity (Wildman–Crippen MR) is 191 cm³/mol. The monoisotopic (exact) mass is 609 g/mol. The zero-order chi connectivity index (χ0) is 30.8. The van der Waals surface area contributed by atoms with E-state index in [2.05, 4.69) is 118 Å². The Morgan fingerprint density at radius 2 is 1.24 bits per heavy atom. The molecule has 0 radical (unpaired) electrons. The third-order valence-electron chi connectivity index (χ3n) is 8.91. The lowest BCUT2D eigenvalue weighted by atomic mass is 10.00. The van der Waals surface area contributed by atoms with Crippen LogP contribution >= 0.6 is 12.6 Å². The molecule has 0 amide bonds. The van der Waals surface area contributed by atoms with E-state index >= 15 is 0 Å². The lowest BCUT2D eigenvalue weighted by Gasteiger charge is -2.14. The molecule has 0 bridgehead atoms. The number of aryl methyl sites for hydroxylation is 1. The van der Waals surface area contributed by atoms with Crippen LogP contribution in [0.3, 0.4) is 0 Å². The Morgan fingerprint density at radius 3 is 2.09 bits per heavy atom. The second-order valence-corrected chi connectivity index (χ2v) is 12.0. The molecule has 0 aliphatic carbocycles. The highest BCUT2D eigenvalue weighted by Crippen LogP contribution is 2.38. The molecule has 0 atom stereocenters. The average molecular weight is 610 g/mol. The van der Waals surface area contributed by atoms with E-state index in [1.54, 1.807) is 0 Å². The van der Waals surface area contributed by atoms with Crippen LogP contribution in [0.4, 0.5) is 0 Å². The Kier molecular flexibility index (Phi) is 6.05. The number of fused-ring (bicyclic) bond motifs is 6. The molecule has 5 nitrogen and oxygen atoms in total. The Labute approximate surface area is 270 Å². The molecule has 9 aromatic rings. The Bertz CT molecular complexity index is 2560. The molecule has 0 aliphatic rings. The summed E-state index contributed by atoms with van der Waals surface area (Å²) in [6, 6.07) is 42.3. The van der Waals surface area contributed by atoms with Crippen LogP contribution < -0.4 is 0 Å². The van der Waals surface area contributed by atoms with Gasteiger partial charge in [0.1, 0.15) is 0 Å². The number of pyridine rings is 3. The molecule has 5 heterocycles. The molecule has 218 valence electrons. The molecule has 6 heteroatoms. The number of aromatic nitrogens is 5. The van der Waals surface area contributed by atoms with Gasteiger partial charge in [-0.1, -0.05) is 54.6 Å². The maximum absolute atomic E-state index is 4.98. The number of benzene rings is 4. The summed E-state index contributed by atoms with van der Waals surface area (Å²) in [5.41, 5.74) is 12.4. The highest BCUT2D eigenvalue weighted by Gasteiger charge is 2.17. The molecular formula is C40H27N5S. The van der Waals surface area contributed by atoms with Gasteiger partial charge in [-0.2, -0.15) is 0 Å². The van der Waals surface area contributed by atoms with Gasteiger partial charge in [-0.3, -0.25) is 15.0 Å². The predicted octanol–water partition coefficient (Wildman–Crippen LogP) is 10.00. The molecule has 0 saturated heterocycles. The van der Waals surface area contributed by atoms with E-state index in [1.807, 2.05) is 37.6 Å². The molecule has 0 spiro atoms. The number of hydrogen-bond acceptors (Lipinski definition) is 4. The van der Waals surface area contributed by atoms with Crippen molar-refractivity contribution < 1.29 is 0 Å². The van der Waals surface area contributed by atoms with Gasteiger partial charge < -0.3 is 9.13 Å².